The van der Waals surface area contributed by atoms with Crippen LogP contribution < -0.4 is 0 Å². The molecule has 1 N–H and O–H groups in total. The third-order valence-corrected chi connectivity index (χ3v) is 2.77. The van der Waals surface area contributed by atoms with Crippen molar-refractivity contribution >= 4 is 5.97 Å². The minimum Gasteiger partial charge on any atom is -0.507 e. The molecule has 16 heavy (non-hydrogen) atoms. The van der Waals surface area contributed by atoms with Crippen molar-refractivity contribution in [1.29, 1.82) is 0 Å². The molecule has 1 aromatic rings. The number of cyclic esters (lactones) is 1. The van der Waals surface area contributed by atoms with Crippen molar-refractivity contribution in [3.05, 3.63) is 29.1 Å². The van der Waals surface area contributed by atoms with E-state index in [2.05, 4.69) is 0 Å². The van der Waals surface area contributed by atoms with Gasteiger partial charge in [0.25, 0.3) is 0 Å². The number of phenolic OH excluding ortho intramolecular Hbond substituents is 1. The molecule has 1 aliphatic heterocycles. The highest BCUT2D eigenvalue weighted by Gasteiger charge is 2.35. The van der Waals surface area contributed by atoms with Gasteiger partial charge in [0.15, 0.2) is 0 Å². The highest BCUT2D eigenvalue weighted by molar-refractivity contribution is 5.96. The van der Waals surface area contributed by atoms with Gasteiger partial charge in [-0.05, 0) is 25.0 Å². The zero-order valence-electron chi connectivity index (χ0n) is 9.00. The van der Waals surface area contributed by atoms with Crippen LogP contribution in [0.3, 0.4) is 0 Å². The molecule has 1 atom stereocenters. The van der Waals surface area contributed by atoms with Gasteiger partial charge in [0.1, 0.15) is 23.2 Å². The predicted octanol–water partition coefficient (Wildman–Crippen LogP) is 2.93. The molecular formula is C12H13FO3. The van der Waals surface area contributed by atoms with Crippen LogP contribution in [0.25, 0.3) is 0 Å². The lowest BCUT2D eigenvalue weighted by atomic mass is 10.00. The van der Waals surface area contributed by atoms with Gasteiger partial charge >= 0.3 is 5.97 Å². The molecule has 0 radical (unpaired) electrons. The number of esters is 1. The average Bonchev–Trinajstić information content (AvgIpc) is 2.59. The third-order valence-electron chi connectivity index (χ3n) is 2.77. The van der Waals surface area contributed by atoms with Gasteiger partial charge in [0.2, 0.25) is 0 Å². The molecule has 1 aromatic carbocycles. The lowest BCUT2D eigenvalue weighted by Gasteiger charge is -2.10. The highest BCUT2D eigenvalue weighted by atomic mass is 19.1. The second-order valence-electron chi connectivity index (χ2n) is 3.89. The predicted molar refractivity (Wildman–Crippen MR) is 55.7 cm³/mol. The van der Waals surface area contributed by atoms with Crippen LogP contribution in [0.15, 0.2) is 12.1 Å². The number of rotatable bonds is 3. The zero-order chi connectivity index (χ0) is 11.7. The van der Waals surface area contributed by atoms with Crippen LogP contribution >= 0.6 is 0 Å². The summed E-state index contributed by atoms with van der Waals surface area (Å²) in [4.78, 5) is 11.5. The molecule has 0 aromatic heterocycles. The molecule has 3 nitrogen and oxygen atoms in total. The Balaban J connectivity index is 2.40. The van der Waals surface area contributed by atoms with Gasteiger partial charge in [-0.2, -0.15) is 0 Å². The van der Waals surface area contributed by atoms with E-state index in [0.717, 1.165) is 18.9 Å². The van der Waals surface area contributed by atoms with Crippen molar-refractivity contribution < 1.29 is 19.0 Å². The fourth-order valence-corrected chi connectivity index (χ4v) is 1.95. The molecular weight excluding hydrogens is 211 g/mol. The maximum atomic E-state index is 13.6. The molecule has 4 heteroatoms. The molecule has 1 unspecified atom stereocenters. The monoisotopic (exact) mass is 224 g/mol. The van der Waals surface area contributed by atoms with Gasteiger partial charge in [-0.15, -0.1) is 0 Å². The number of carbonyl (C=O) groups excluding carboxylic acids is 1. The molecule has 0 fully saturated rings. The molecule has 1 heterocycles. The number of carbonyl (C=O) groups is 1. The van der Waals surface area contributed by atoms with Crippen molar-refractivity contribution in [3.63, 3.8) is 0 Å². The van der Waals surface area contributed by atoms with Crippen LogP contribution in [0.4, 0.5) is 4.39 Å². The Labute approximate surface area is 92.9 Å². The summed E-state index contributed by atoms with van der Waals surface area (Å²) >= 11 is 0. The van der Waals surface area contributed by atoms with Crippen LogP contribution in [0.2, 0.25) is 0 Å². The summed E-state index contributed by atoms with van der Waals surface area (Å²) in [6, 6.07) is 2.34. The summed E-state index contributed by atoms with van der Waals surface area (Å²) in [7, 11) is 0. The van der Waals surface area contributed by atoms with Crippen molar-refractivity contribution in [3.8, 4) is 5.75 Å². The quantitative estimate of drug-likeness (QED) is 0.803. The Kier molecular flexibility index (Phi) is 2.81. The normalized spacial score (nSPS) is 18.4. The van der Waals surface area contributed by atoms with E-state index in [1.165, 1.54) is 6.07 Å². The SMILES string of the molecule is CCCCC1OC(=O)c2c(O)ccc(F)c21. The first-order valence-electron chi connectivity index (χ1n) is 5.37. The summed E-state index contributed by atoms with van der Waals surface area (Å²) in [5.41, 5.74) is 0.194. The maximum absolute atomic E-state index is 13.6. The Morgan fingerprint density at radius 3 is 2.94 bits per heavy atom. The van der Waals surface area contributed by atoms with Gasteiger partial charge in [-0.1, -0.05) is 13.3 Å². The van der Waals surface area contributed by atoms with E-state index in [4.69, 9.17) is 4.74 Å². The summed E-state index contributed by atoms with van der Waals surface area (Å²) < 4.78 is 18.6. The molecule has 0 aliphatic carbocycles. The van der Waals surface area contributed by atoms with Gasteiger partial charge in [0, 0.05) is 5.56 Å². The van der Waals surface area contributed by atoms with E-state index in [1.807, 2.05) is 6.92 Å². The fourth-order valence-electron chi connectivity index (χ4n) is 1.95. The number of hydrogen-bond donors (Lipinski definition) is 1. The average molecular weight is 224 g/mol. The number of phenols is 1. The summed E-state index contributed by atoms with van der Waals surface area (Å²) in [5, 5.41) is 9.50. The van der Waals surface area contributed by atoms with E-state index >= 15 is 0 Å². The van der Waals surface area contributed by atoms with E-state index in [9.17, 15) is 14.3 Å². The zero-order valence-corrected chi connectivity index (χ0v) is 9.00. The first-order chi connectivity index (χ1) is 7.65. The van der Waals surface area contributed by atoms with E-state index in [1.54, 1.807) is 0 Å². The van der Waals surface area contributed by atoms with E-state index in [0.29, 0.717) is 6.42 Å². The van der Waals surface area contributed by atoms with Gasteiger partial charge in [0.05, 0.1) is 0 Å². The summed E-state index contributed by atoms with van der Waals surface area (Å²) in [6.45, 7) is 2.01. The van der Waals surface area contributed by atoms with E-state index in [-0.39, 0.29) is 16.9 Å². The molecule has 0 bridgehead atoms. The smallest absolute Gasteiger partial charge is 0.343 e. The number of unbranched alkanes of at least 4 members (excludes halogenated alkanes) is 1. The van der Waals surface area contributed by atoms with Crippen LogP contribution in [0, 0.1) is 5.82 Å². The largest absolute Gasteiger partial charge is 0.507 e. The molecule has 0 saturated heterocycles. The molecule has 0 spiro atoms. The number of ether oxygens (including phenoxy) is 1. The summed E-state index contributed by atoms with van der Waals surface area (Å²) in [6.07, 6.45) is 1.85. The third kappa shape index (κ3) is 1.64. The number of fused-ring (bicyclic) bond motifs is 1. The van der Waals surface area contributed by atoms with Gasteiger partial charge in [-0.3, -0.25) is 0 Å². The lowest BCUT2D eigenvalue weighted by Crippen LogP contribution is -1.99. The molecule has 2 rings (SSSR count). The molecule has 1 aliphatic rings. The first-order valence-corrected chi connectivity index (χ1v) is 5.37. The standard InChI is InChI=1S/C12H13FO3/c1-2-3-4-9-10-7(13)5-6-8(14)11(10)12(15)16-9/h5-6,9,14H,2-4H2,1H3. The number of halogens is 1. The van der Waals surface area contributed by atoms with Crippen LogP contribution in [-0.2, 0) is 4.74 Å². The minimum absolute atomic E-state index is 0.0129. The number of hydrogen-bond acceptors (Lipinski definition) is 3. The Bertz CT molecular complexity index is 429. The lowest BCUT2D eigenvalue weighted by molar-refractivity contribution is 0.0359. The van der Waals surface area contributed by atoms with Crippen LogP contribution in [-0.4, -0.2) is 11.1 Å². The fraction of sp³-hybridized carbons (Fsp3) is 0.417. The Morgan fingerprint density at radius 2 is 2.25 bits per heavy atom. The van der Waals surface area contributed by atoms with Crippen LogP contribution in [0.5, 0.6) is 5.75 Å². The van der Waals surface area contributed by atoms with Crippen molar-refractivity contribution in [1.82, 2.24) is 0 Å². The van der Waals surface area contributed by atoms with Gasteiger partial charge in [-0.25, -0.2) is 9.18 Å². The number of benzene rings is 1. The molecule has 0 amide bonds. The van der Waals surface area contributed by atoms with Crippen molar-refractivity contribution in [2.45, 2.75) is 32.3 Å². The van der Waals surface area contributed by atoms with Crippen molar-refractivity contribution in [2.24, 2.45) is 0 Å². The first kappa shape index (κ1) is 10.9. The van der Waals surface area contributed by atoms with Crippen molar-refractivity contribution in [2.75, 3.05) is 0 Å². The second-order valence-corrected chi connectivity index (χ2v) is 3.89. The highest BCUT2D eigenvalue weighted by Crippen LogP contribution is 2.39. The van der Waals surface area contributed by atoms with E-state index < -0.39 is 17.9 Å². The number of aromatic hydroxyl groups is 1. The Hall–Kier alpha value is -1.58. The summed E-state index contributed by atoms with van der Waals surface area (Å²) in [5.74, 6) is -1.33. The van der Waals surface area contributed by atoms with Crippen LogP contribution in [0.1, 0.15) is 48.2 Å². The maximum Gasteiger partial charge on any atom is 0.343 e. The molecule has 0 saturated carbocycles. The Morgan fingerprint density at radius 1 is 1.50 bits per heavy atom. The minimum atomic E-state index is -0.631. The second kappa shape index (κ2) is 4.12. The molecule has 86 valence electrons. The van der Waals surface area contributed by atoms with Gasteiger partial charge < -0.3 is 9.84 Å². The topological polar surface area (TPSA) is 46.5 Å².